The van der Waals surface area contributed by atoms with Gasteiger partial charge in [-0.1, -0.05) is 61.5 Å². The Balaban J connectivity index is 1.81. The summed E-state index contributed by atoms with van der Waals surface area (Å²) in [6.07, 6.45) is 1.52. The Labute approximate surface area is 208 Å². The van der Waals surface area contributed by atoms with Crippen LogP contribution >= 0.6 is 0 Å². The molecular weight excluding hydrogens is 452 g/mol. The first-order chi connectivity index (χ1) is 17.5. The fourth-order valence-corrected chi connectivity index (χ4v) is 4.84. The normalized spacial score (nSPS) is 11.3. The number of carbonyl (C=O) groups excluding carboxylic acids is 1. The van der Waals surface area contributed by atoms with E-state index in [2.05, 4.69) is 11.5 Å². The standard InChI is InChI=1S/C29H28N4O3/c1-3-24-27(22-12-7-8-13-25(22)32(24)17-9-16-30)28-29(35)33(36-19(2)34)26-18-21(14-15-23(26)31-28)20-10-5-4-6-11-20/h4-8,10-15,18H,3,9,16-17,30H2,1-2H3. The molecular formula is C29H28N4O3. The van der Waals surface area contributed by atoms with Gasteiger partial charge in [0.1, 0.15) is 11.2 Å². The fourth-order valence-electron chi connectivity index (χ4n) is 4.84. The van der Waals surface area contributed by atoms with E-state index in [0.717, 1.165) is 51.0 Å². The summed E-state index contributed by atoms with van der Waals surface area (Å²) in [7, 11) is 0. The van der Waals surface area contributed by atoms with E-state index in [0.29, 0.717) is 24.0 Å². The molecule has 0 aliphatic carbocycles. The molecule has 0 atom stereocenters. The van der Waals surface area contributed by atoms with Gasteiger partial charge in [-0.2, -0.15) is 0 Å². The Morgan fingerprint density at radius 3 is 2.44 bits per heavy atom. The van der Waals surface area contributed by atoms with Crippen molar-refractivity contribution in [3.63, 3.8) is 0 Å². The van der Waals surface area contributed by atoms with Crippen LogP contribution in [0.25, 0.3) is 44.3 Å². The number of carbonyl (C=O) groups is 1. The first kappa shape index (κ1) is 23.5. The third kappa shape index (κ3) is 4.07. The van der Waals surface area contributed by atoms with Gasteiger partial charge in [0, 0.05) is 35.6 Å². The number of hydrogen-bond donors (Lipinski definition) is 1. The maximum Gasteiger partial charge on any atom is 0.330 e. The highest BCUT2D eigenvalue weighted by Crippen LogP contribution is 2.34. The molecule has 0 saturated carbocycles. The van der Waals surface area contributed by atoms with Crippen LogP contribution in [0.5, 0.6) is 0 Å². The van der Waals surface area contributed by atoms with Crippen molar-refractivity contribution in [2.24, 2.45) is 5.73 Å². The number of para-hydroxylation sites is 1. The molecule has 5 rings (SSSR count). The number of aromatic nitrogens is 3. The van der Waals surface area contributed by atoms with Crippen molar-refractivity contribution in [2.75, 3.05) is 6.54 Å². The number of hydrogen-bond acceptors (Lipinski definition) is 5. The second-order valence-corrected chi connectivity index (χ2v) is 8.70. The van der Waals surface area contributed by atoms with Crippen LogP contribution in [0.1, 0.15) is 26.0 Å². The number of benzene rings is 3. The second-order valence-electron chi connectivity index (χ2n) is 8.70. The van der Waals surface area contributed by atoms with Gasteiger partial charge in [-0.05, 0) is 48.7 Å². The summed E-state index contributed by atoms with van der Waals surface area (Å²) < 4.78 is 3.30. The van der Waals surface area contributed by atoms with Crippen molar-refractivity contribution < 1.29 is 9.63 Å². The van der Waals surface area contributed by atoms with E-state index >= 15 is 0 Å². The van der Waals surface area contributed by atoms with Crippen molar-refractivity contribution in [1.82, 2.24) is 14.3 Å². The molecule has 2 heterocycles. The lowest BCUT2D eigenvalue weighted by Gasteiger charge is -2.14. The SMILES string of the molecule is CCc1c(-c2nc3ccc(-c4ccccc4)cc3n(OC(C)=O)c2=O)c2ccccc2n1CCCN. The Kier molecular flexibility index (Phi) is 6.40. The van der Waals surface area contributed by atoms with Gasteiger partial charge >= 0.3 is 11.5 Å². The molecule has 0 spiro atoms. The van der Waals surface area contributed by atoms with Crippen LogP contribution in [0.4, 0.5) is 0 Å². The van der Waals surface area contributed by atoms with Crippen molar-refractivity contribution in [3.05, 3.63) is 88.8 Å². The van der Waals surface area contributed by atoms with Crippen molar-refractivity contribution in [1.29, 1.82) is 0 Å². The molecule has 0 unspecified atom stereocenters. The summed E-state index contributed by atoms with van der Waals surface area (Å²) >= 11 is 0. The molecule has 5 aromatic rings. The average Bonchev–Trinajstić information content (AvgIpc) is 3.22. The molecule has 7 nitrogen and oxygen atoms in total. The van der Waals surface area contributed by atoms with Crippen LogP contribution in [0.3, 0.4) is 0 Å². The lowest BCUT2D eigenvalue weighted by molar-refractivity contribution is -0.141. The summed E-state index contributed by atoms with van der Waals surface area (Å²) in [5.74, 6) is -0.582. The molecule has 182 valence electrons. The van der Waals surface area contributed by atoms with Gasteiger partial charge < -0.3 is 15.1 Å². The van der Waals surface area contributed by atoms with E-state index in [9.17, 15) is 9.59 Å². The Morgan fingerprint density at radius 2 is 1.72 bits per heavy atom. The highest BCUT2D eigenvalue weighted by molar-refractivity contribution is 5.98. The van der Waals surface area contributed by atoms with Crippen molar-refractivity contribution >= 4 is 27.9 Å². The van der Waals surface area contributed by atoms with Gasteiger partial charge in [0.25, 0.3) is 0 Å². The van der Waals surface area contributed by atoms with Gasteiger partial charge in [-0.15, -0.1) is 4.73 Å². The third-order valence-corrected chi connectivity index (χ3v) is 6.38. The first-order valence-electron chi connectivity index (χ1n) is 12.1. The molecule has 2 aromatic heterocycles. The average molecular weight is 481 g/mol. The Hall–Kier alpha value is -4.23. The highest BCUT2D eigenvalue weighted by atomic mass is 16.7. The van der Waals surface area contributed by atoms with Gasteiger partial charge in [-0.3, -0.25) is 4.79 Å². The molecule has 3 aromatic carbocycles. The zero-order valence-electron chi connectivity index (χ0n) is 20.4. The maximum absolute atomic E-state index is 13.9. The molecule has 0 amide bonds. The van der Waals surface area contributed by atoms with Crippen LogP contribution in [0, 0.1) is 0 Å². The second kappa shape index (κ2) is 9.79. The van der Waals surface area contributed by atoms with Crippen LogP contribution in [0.2, 0.25) is 0 Å². The Morgan fingerprint density at radius 1 is 0.972 bits per heavy atom. The number of aryl methyl sites for hydroxylation is 1. The topological polar surface area (TPSA) is 92.1 Å². The quantitative estimate of drug-likeness (QED) is 0.368. The molecule has 0 fully saturated rings. The van der Waals surface area contributed by atoms with Crippen molar-refractivity contribution in [3.8, 4) is 22.4 Å². The number of nitrogens with zero attached hydrogens (tertiary/aromatic N) is 3. The van der Waals surface area contributed by atoms with Crippen LogP contribution in [-0.4, -0.2) is 26.8 Å². The molecule has 0 saturated heterocycles. The summed E-state index contributed by atoms with van der Waals surface area (Å²) in [5, 5.41) is 0.936. The summed E-state index contributed by atoms with van der Waals surface area (Å²) in [6, 6.07) is 23.5. The van der Waals surface area contributed by atoms with Crippen LogP contribution in [0.15, 0.2) is 77.6 Å². The monoisotopic (exact) mass is 480 g/mol. The van der Waals surface area contributed by atoms with E-state index in [1.54, 1.807) is 0 Å². The van der Waals surface area contributed by atoms with E-state index in [1.165, 1.54) is 6.92 Å². The number of fused-ring (bicyclic) bond motifs is 2. The molecule has 0 bridgehead atoms. The molecule has 2 N–H and O–H groups in total. The van der Waals surface area contributed by atoms with E-state index in [4.69, 9.17) is 15.6 Å². The van der Waals surface area contributed by atoms with Crippen LogP contribution in [-0.2, 0) is 17.8 Å². The van der Waals surface area contributed by atoms with Crippen LogP contribution < -0.4 is 16.1 Å². The Bertz CT molecular complexity index is 1630. The lowest BCUT2D eigenvalue weighted by atomic mass is 10.0. The van der Waals surface area contributed by atoms with E-state index in [-0.39, 0.29) is 5.69 Å². The number of rotatable bonds is 7. The first-order valence-corrected chi connectivity index (χ1v) is 12.1. The fraction of sp³-hybridized carbons (Fsp3) is 0.207. The predicted molar refractivity (Wildman–Crippen MR) is 143 cm³/mol. The summed E-state index contributed by atoms with van der Waals surface area (Å²) in [5.41, 5.74) is 11.3. The molecule has 0 radical (unpaired) electrons. The molecule has 0 aliphatic rings. The number of nitrogens with two attached hydrogens (primary N) is 1. The van der Waals surface area contributed by atoms with E-state index in [1.807, 2.05) is 72.8 Å². The van der Waals surface area contributed by atoms with Gasteiger partial charge in [-0.25, -0.2) is 9.78 Å². The van der Waals surface area contributed by atoms with Crippen molar-refractivity contribution in [2.45, 2.75) is 33.2 Å². The minimum Gasteiger partial charge on any atom is -0.344 e. The summed E-state index contributed by atoms with van der Waals surface area (Å²) in [4.78, 5) is 36.3. The smallest absolute Gasteiger partial charge is 0.330 e. The molecule has 36 heavy (non-hydrogen) atoms. The largest absolute Gasteiger partial charge is 0.344 e. The maximum atomic E-state index is 13.9. The molecule has 0 aliphatic heterocycles. The van der Waals surface area contributed by atoms with E-state index < -0.39 is 11.5 Å². The minimum absolute atomic E-state index is 0.260. The highest BCUT2D eigenvalue weighted by Gasteiger charge is 2.23. The third-order valence-electron chi connectivity index (χ3n) is 6.38. The van der Waals surface area contributed by atoms with Gasteiger partial charge in [0.15, 0.2) is 0 Å². The lowest BCUT2D eigenvalue weighted by Crippen LogP contribution is -2.32. The van der Waals surface area contributed by atoms with Gasteiger partial charge in [0.05, 0.1) is 5.52 Å². The minimum atomic E-state index is -0.582. The zero-order chi connectivity index (χ0) is 25.2. The molecule has 7 heteroatoms. The predicted octanol–water partition coefficient (Wildman–Crippen LogP) is 4.57. The summed E-state index contributed by atoms with van der Waals surface area (Å²) in [6.45, 7) is 4.67. The van der Waals surface area contributed by atoms with Gasteiger partial charge in [0.2, 0.25) is 0 Å². The zero-order valence-corrected chi connectivity index (χ0v) is 20.4.